The van der Waals surface area contributed by atoms with Crippen LogP contribution in [0.3, 0.4) is 0 Å². The van der Waals surface area contributed by atoms with Crippen molar-refractivity contribution < 1.29 is 47.6 Å². The maximum Gasteiger partial charge on any atom is 0.508 e. The number of esters is 1. The molecule has 39 heavy (non-hydrogen) atoms. The third kappa shape index (κ3) is 12.9. The van der Waals surface area contributed by atoms with E-state index in [-0.39, 0.29) is 18.9 Å². The van der Waals surface area contributed by atoms with E-state index in [9.17, 15) is 19.2 Å². The van der Waals surface area contributed by atoms with Gasteiger partial charge >= 0.3 is 24.3 Å². The molecule has 0 aliphatic carbocycles. The molecule has 0 spiro atoms. The Morgan fingerprint density at radius 3 is 2.00 bits per heavy atom. The van der Waals surface area contributed by atoms with E-state index >= 15 is 0 Å². The maximum atomic E-state index is 13.5. The fourth-order valence-corrected chi connectivity index (χ4v) is 3.80. The summed E-state index contributed by atoms with van der Waals surface area (Å²) in [6.45, 7) is 18.0. The topological polar surface area (TPSA) is 127 Å². The van der Waals surface area contributed by atoms with Gasteiger partial charge in [0.15, 0.2) is 0 Å². The Bertz CT molecular complexity index is 786. The number of rotatable bonds is 7. The van der Waals surface area contributed by atoms with Gasteiger partial charge in [-0.1, -0.05) is 27.2 Å². The van der Waals surface area contributed by atoms with Crippen molar-refractivity contribution in [3.8, 4) is 0 Å². The van der Waals surface area contributed by atoms with Gasteiger partial charge in [-0.3, -0.25) is 0 Å². The Labute approximate surface area is 233 Å². The second kappa shape index (κ2) is 15.3. The van der Waals surface area contributed by atoms with Gasteiger partial charge in [-0.25, -0.2) is 19.2 Å². The number of hydrogen-bond donors (Lipinski definition) is 0. The van der Waals surface area contributed by atoms with Gasteiger partial charge in [-0.15, -0.1) is 0 Å². The van der Waals surface area contributed by atoms with E-state index < -0.39 is 59.9 Å². The Kier molecular flexibility index (Phi) is 13.5. The molecule has 0 aromatic carbocycles. The zero-order chi connectivity index (χ0) is 30.0. The number of ether oxygens (including phenoxy) is 6. The minimum absolute atomic E-state index is 0.106. The first-order valence-electron chi connectivity index (χ1n) is 13.9. The van der Waals surface area contributed by atoms with Gasteiger partial charge in [0, 0.05) is 6.61 Å². The molecular weight excluding hydrogens is 510 g/mol. The van der Waals surface area contributed by atoms with Crippen molar-refractivity contribution in [3.05, 3.63) is 0 Å². The van der Waals surface area contributed by atoms with Crippen molar-refractivity contribution >= 4 is 24.3 Å². The average Bonchev–Trinajstić information content (AvgIpc) is 2.76. The van der Waals surface area contributed by atoms with Crippen LogP contribution in [0.25, 0.3) is 0 Å². The van der Waals surface area contributed by atoms with Crippen molar-refractivity contribution in [2.45, 2.75) is 137 Å². The Hall–Kier alpha value is -2.56. The molecule has 0 aromatic rings. The molecule has 1 fully saturated rings. The Morgan fingerprint density at radius 2 is 1.51 bits per heavy atom. The van der Waals surface area contributed by atoms with Gasteiger partial charge in [0.05, 0.1) is 6.61 Å². The molecule has 1 rings (SSSR count). The molecule has 0 bridgehead atoms. The highest BCUT2D eigenvalue weighted by atomic mass is 16.7. The fourth-order valence-electron chi connectivity index (χ4n) is 3.80. The third-order valence-electron chi connectivity index (χ3n) is 5.41. The molecule has 226 valence electrons. The third-order valence-corrected chi connectivity index (χ3v) is 5.41. The summed E-state index contributed by atoms with van der Waals surface area (Å²) in [5.41, 5.74) is -1.84. The highest BCUT2D eigenvalue weighted by Crippen LogP contribution is 2.26. The van der Waals surface area contributed by atoms with Crippen LogP contribution >= 0.6 is 0 Å². The monoisotopic (exact) mass is 559 g/mol. The zero-order valence-electron chi connectivity index (χ0n) is 25.4. The van der Waals surface area contributed by atoms with Crippen molar-refractivity contribution in [1.29, 1.82) is 0 Å². The lowest BCUT2D eigenvalue weighted by Gasteiger charge is -2.36. The minimum atomic E-state index is -1.28. The molecule has 1 aliphatic heterocycles. The number of imide groups is 1. The minimum Gasteiger partial charge on any atom is -0.458 e. The predicted octanol–water partition coefficient (Wildman–Crippen LogP) is 6.01. The number of cyclic esters (lactones) is 1. The number of amides is 2. The van der Waals surface area contributed by atoms with E-state index in [2.05, 4.69) is 0 Å². The molecule has 1 aliphatic rings. The standard InChI is InChI=1S/C28H49NO10/c1-11-16-34-26(33)37-21-15-13-12-14-20(23(30)36-19(4)22(21)35-17-18(2)3)29(24(31)38-27(5,6)7)25(32)39-28(8,9)10/h18-22H,11-17H2,1-10H3/t19-,20-,21-,22-/m0/s1. The van der Waals surface area contributed by atoms with Crippen LogP contribution < -0.4 is 0 Å². The largest absolute Gasteiger partial charge is 0.508 e. The second-order valence-corrected chi connectivity index (χ2v) is 12.2. The number of carbonyl (C=O) groups is 4. The van der Waals surface area contributed by atoms with Gasteiger partial charge in [0.1, 0.15) is 35.6 Å². The maximum absolute atomic E-state index is 13.5. The first kappa shape index (κ1) is 34.5. The highest BCUT2D eigenvalue weighted by molar-refractivity contribution is 5.94. The molecular formula is C28H49NO10. The summed E-state index contributed by atoms with van der Waals surface area (Å²) in [7, 11) is 0. The molecule has 0 radical (unpaired) electrons. The smallest absolute Gasteiger partial charge is 0.458 e. The van der Waals surface area contributed by atoms with Crippen molar-refractivity contribution in [2.24, 2.45) is 5.92 Å². The van der Waals surface area contributed by atoms with E-state index in [0.717, 1.165) is 0 Å². The van der Waals surface area contributed by atoms with E-state index in [1.165, 1.54) is 0 Å². The van der Waals surface area contributed by atoms with Crippen LogP contribution in [0.2, 0.25) is 0 Å². The summed E-state index contributed by atoms with van der Waals surface area (Å²) < 4.78 is 33.4. The first-order valence-corrected chi connectivity index (χ1v) is 13.9. The van der Waals surface area contributed by atoms with Crippen LogP contribution in [0.4, 0.5) is 14.4 Å². The van der Waals surface area contributed by atoms with Crippen molar-refractivity contribution in [2.75, 3.05) is 13.2 Å². The SMILES string of the molecule is CCCOC(=O)O[C@H]1CCCC[C@H](N(C(=O)OC(C)(C)C)C(=O)OC(C)(C)C)C(=O)O[C@@H](C)[C@@H]1OCC(C)C. The molecule has 1 heterocycles. The van der Waals surface area contributed by atoms with Crippen LogP contribution in [0.15, 0.2) is 0 Å². The van der Waals surface area contributed by atoms with E-state index in [0.29, 0.717) is 37.2 Å². The molecule has 0 unspecified atom stereocenters. The van der Waals surface area contributed by atoms with Crippen molar-refractivity contribution in [3.63, 3.8) is 0 Å². The lowest BCUT2D eigenvalue weighted by atomic mass is 9.98. The number of nitrogens with zero attached hydrogens (tertiary/aromatic N) is 1. The summed E-state index contributed by atoms with van der Waals surface area (Å²) >= 11 is 0. The van der Waals surface area contributed by atoms with Gasteiger partial charge in [0.25, 0.3) is 0 Å². The molecule has 0 aromatic heterocycles. The molecule has 11 heteroatoms. The van der Waals surface area contributed by atoms with Gasteiger partial charge < -0.3 is 28.4 Å². The van der Waals surface area contributed by atoms with Crippen LogP contribution in [-0.2, 0) is 33.2 Å². The molecule has 2 amide bonds. The highest BCUT2D eigenvalue weighted by Gasteiger charge is 2.43. The zero-order valence-corrected chi connectivity index (χ0v) is 25.4. The van der Waals surface area contributed by atoms with Crippen LogP contribution in [-0.4, -0.2) is 78.0 Å². The molecule has 11 nitrogen and oxygen atoms in total. The van der Waals surface area contributed by atoms with E-state index in [1.54, 1.807) is 48.5 Å². The first-order chi connectivity index (χ1) is 17.9. The summed E-state index contributed by atoms with van der Waals surface area (Å²) in [5, 5.41) is 0. The normalized spacial score (nSPS) is 22.9. The lowest BCUT2D eigenvalue weighted by molar-refractivity contribution is -0.172. The predicted molar refractivity (Wildman–Crippen MR) is 143 cm³/mol. The molecule has 0 saturated carbocycles. The van der Waals surface area contributed by atoms with Crippen LogP contribution in [0, 0.1) is 5.92 Å². The second-order valence-electron chi connectivity index (χ2n) is 12.2. The number of carbonyl (C=O) groups excluding carboxylic acids is 4. The lowest BCUT2D eigenvalue weighted by Crippen LogP contribution is -2.54. The molecule has 1 saturated heterocycles. The van der Waals surface area contributed by atoms with Crippen molar-refractivity contribution in [1.82, 2.24) is 4.90 Å². The van der Waals surface area contributed by atoms with Gasteiger partial charge in [-0.05, 0) is 80.1 Å². The van der Waals surface area contributed by atoms with Crippen LogP contribution in [0.5, 0.6) is 0 Å². The summed E-state index contributed by atoms with van der Waals surface area (Å²) in [4.78, 5) is 52.8. The molecule has 4 atom stereocenters. The quantitative estimate of drug-likeness (QED) is 0.270. The summed E-state index contributed by atoms with van der Waals surface area (Å²) in [6.07, 6.45) is -3.13. The summed E-state index contributed by atoms with van der Waals surface area (Å²) in [6, 6.07) is -1.28. The van der Waals surface area contributed by atoms with Gasteiger partial charge in [-0.2, -0.15) is 4.90 Å². The Morgan fingerprint density at radius 1 is 0.974 bits per heavy atom. The fraction of sp³-hybridized carbons (Fsp3) is 0.857. The van der Waals surface area contributed by atoms with Gasteiger partial charge in [0.2, 0.25) is 0 Å². The van der Waals surface area contributed by atoms with Crippen LogP contribution in [0.1, 0.15) is 101 Å². The van der Waals surface area contributed by atoms with E-state index in [4.69, 9.17) is 28.4 Å². The number of hydrogen-bond acceptors (Lipinski definition) is 10. The average molecular weight is 560 g/mol. The Balaban J connectivity index is 3.31. The molecule has 0 N–H and O–H groups in total. The summed E-state index contributed by atoms with van der Waals surface area (Å²) in [5.74, 6) is -0.648. The van der Waals surface area contributed by atoms with E-state index in [1.807, 2.05) is 20.8 Å².